The number of likely N-dealkylation sites (N-methyl/N-ethyl adjacent to an activating group) is 1. The Bertz CT molecular complexity index is 756. The first-order valence-electron chi connectivity index (χ1n) is 8.46. The molecule has 0 aliphatic rings. The second-order valence-electron chi connectivity index (χ2n) is 5.54. The first-order valence-corrected chi connectivity index (χ1v) is 8.46. The number of hydrogen-bond acceptors (Lipinski definition) is 4. The number of hydrogen-bond donors (Lipinski definition) is 0. The molecule has 0 saturated carbocycles. The zero-order valence-electron chi connectivity index (χ0n) is 15.7. The summed E-state index contributed by atoms with van der Waals surface area (Å²) in [4.78, 5) is 14.7. The average molecular weight is 355 g/mol. The average Bonchev–Trinajstić information content (AvgIpc) is 2.70. The molecule has 26 heavy (non-hydrogen) atoms. The number of nitrogens with zero attached hydrogens (tertiary/aromatic N) is 1. The molecule has 2 rings (SSSR count). The lowest BCUT2D eigenvalue weighted by Gasteiger charge is -2.22. The summed E-state index contributed by atoms with van der Waals surface area (Å²) in [6.07, 6.45) is 3.98. The Morgan fingerprint density at radius 1 is 0.962 bits per heavy atom. The Balaban J connectivity index is 2.23. The van der Waals surface area contributed by atoms with E-state index in [4.69, 9.17) is 14.2 Å². The van der Waals surface area contributed by atoms with Crippen molar-refractivity contribution in [2.75, 3.05) is 34.4 Å². The largest absolute Gasteiger partial charge is 0.493 e. The number of benzene rings is 2. The molecular formula is C21H25NO4. The van der Waals surface area contributed by atoms with Crippen LogP contribution in [0.25, 0.3) is 6.08 Å². The molecule has 2 aromatic carbocycles. The lowest BCUT2D eigenvalue weighted by molar-refractivity contribution is 0.0778. The Kier molecular flexibility index (Phi) is 7.09. The van der Waals surface area contributed by atoms with E-state index in [0.717, 1.165) is 5.56 Å². The van der Waals surface area contributed by atoms with Gasteiger partial charge in [-0.15, -0.1) is 0 Å². The molecule has 0 unspecified atom stereocenters. The van der Waals surface area contributed by atoms with Crippen molar-refractivity contribution in [3.8, 4) is 17.2 Å². The van der Waals surface area contributed by atoms with Gasteiger partial charge >= 0.3 is 0 Å². The van der Waals surface area contributed by atoms with Crippen LogP contribution in [0.2, 0.25) is 0 Å². The molecule has 138 valence electrons. The molecule has 0 aromatic heterocycles. The highest BCUT2D eigenvalue weighted by Gasteiger charge is 2.23. The van der Waals surface area contributed by atoms with E-state index in [1.807, 2.05) is 49.4 Å². The summed E-state index contributed by atoms with van der Waals surface area (Å²) in [5, 5.41) is 0. The Morgan fingerprint density at radius 2 is 1.65 bits per heavy atom. The van der Waals surface area contributed by atoms with Crippen LogP contribution in [0.15, 0.2) is 48.5 Å². The van der Waals surface area contributed by atoms with Gasteiger partial charge in [0, 0.05) is 13.1 Å². The van der Waals surface area contributed by atoms with Crippen LogP contribution in [0.1, 0.15) is 22.8 Å². The van der Waals surface area contributed by atoms with Crippen LogP contribution in [0, 0.1) is 0 Å². The number of ether oxygens (including phenoxy) is 3. The van der Waals surface area contributed by atoms with Gasteiger partial charge in [-0.2, -0.15) is 0 Å². The second kappa shape index (κ2) is 9.51. The molecule has 0 aliphatic heterocycles. The minimum absolute atomic E-state index is 0.122. The van der Waals surface area contributed by atoms with Crippen molar-refractivity contribution in [2.45, 2.75) is 6.92 Å². The molecule has 5 nitrogen and oxygen atoms in total. The van der Waals surface area contributed by atoms with Gasteiger partial charge in [-0.1, -0.05) is 42.5 Å². The SMILES string of the molecule is CCN(CC=Cc1ccccc1)C(=O)c1ccc(OC)c(OC)c1OC. The smallest absolute Gasteiger partial charge is 0.258 e. The van der Waals surface area contributed by atoms with Crippen molar-refractivity contribution >= 4 is 12.0 Å². The van der Waals surface area contributed by atoms with Crippen LogP contribution in [0.5, 0.6) is 17.2 Å². The van der Waals surface area contributed by atoms with Crippen molar-refractivity contribution in [2.24, 2.45) is 0 Å². The standard InChI is InChI=1S/C21H25NO4/c1-5-22(15-9-12-16-10-7-6-8-11-16)21(23)17-13-14-18(24-2)20(26-4)19(17)25-3/h6-14H,5,15H2,1-4H3. The number of carbonyl (C=O) groups excluding carboxylic acids is 1. The van der Waals surface area contributed by atoms with E-state index < -0.39 is 0 Å². The van der Waals surface area contributed by atoms with Gasteiger partial charge in [0.15, 0.2) is 11.5 Å². The fraction of sp³-hybridized carbons (Fsp3) is 0.286. The summed E-state index contributed by atoms with van der Waals surface area (Å²) in [5.74, 6) is 1.19. The molecule has 5 heteroatoms. The van der Waals surface area contributed by atoms with Crippen LogP contribution >= 0.6 is 0 Å². The minimum atomic E-state index is -0.122. The Hall–Kier alpha value is -2.95. The van der Waals surface area contributed by atoms with E-state index in [1.54, 1.807) is 24.1 Å². The van der Waals surface area contributed by atoms with Crippen LogP contribution in [-0.2, 0) is 0 Å². The van der Waals surface area contributed by atoms with Crippen LogP contribution < -0.4 is 14.2 Å². The molecule has 0 radical (unpaired) electrons. The molecule has 0 bridgehead atoms. The van der Waals surface area contributed by atoms with Gasteiger partial charge in [0.1, 0.15) is 0 Å². The highest BCUT2D eigenvalue weighted by atomic mass is 16.5. The third-order valence-electron chi connectivity index (χ3n) is 4.04. The number of methoxy groups -OCH3 is 3. The van der Waals surface area contributed by atoms with Gasteiger partial charge in [0.2, 0.25) is 5.75 Å². The van der Waals surface area contributed by atoms with Gasteiger partial charge in [-0.3, -0.25) is 4.79 Å². The summed E-state index contributed by atoms with van der Waals surface area (Å²) in [7, 11) is 4.58. The van der Waals surface area contributed by atoms with Gasteiger partial charge in [-0.05, 0) is 24.6 Å². The first-order chi connectivity index (χ1) is 12.7. The van der Waals surface area contributed by atoms with E-state index in [9.17, 15) is 4.79 Å². The van der Waals surface area contributed by atoms with Crippen molar-refractivity contribution in [1.82, 2.24) is 4.90 Å². The van der Waals surface area contributed by atoms with Crippen LogP contribution in [0.4, 0.5) is 0 Å². The Labute approximate surface area is 154 Å². The summed E-state index contributed by atoms with van der Waals surface area (Å²) in [6.45, 7) is 3.03. The van der Waals surface area contributed by atoms with E-state index >= 15 is 0 Å². The zero-order valence-corrected chi connectivity index (χ0v) is 15.7. The topological polar surface area (TPSA) is 48.0 Å². The molecule has 0 fully saturated rings. The third kappa shape index (κ3) is 4.36. The maximum absolute atomic E-state index is 13.0. The molecule has 0 N–H and O–H groups in total. The highest BCUT2D eigenvalue weighted by molar-refractivity contribution is 5.98. The lowest BCUT2D eigenvalue weighted by Crippen LogP contribution is -2.31. The van der Waals surface area contributed by atoms with E-state index in [2.05, 4.69) is 0 Å². The molecule has 1 amide bonds. The summed E-state index contributed by atoms with van der Waals surface area (Å²) in [5.41, 5.74) is 1.54. The third-order valence-corrected chi connectivity index (χ3v) is 4.04. The summed E-state index contributed by atoms with van der Waals surface area (Å²) in [6, 6.07) is 13.4. The summed E-state index contributed by atoms with van der Waals surface area (Å²) < 4.78 is 16.1. The minimum Gasteiger partial charge on any atom is -0.493 e. The van der Waals surface area contributed by atoms with Crippen LogP contribution in [0.3, 0.4) is 0 Å². The zero-order chi connectivity index (χ0) is 18.9. The second-order valence-corrected chi connectivity index (χ2v) is 5.54. The molecule has 2 aromatic rings. The predicted octanol–water partition coefficient (Wildman–Crippen LogP) is 3.89. The van der Waals surface area contributed by atoms with Gasteiger partial charge in [-0.25, -0.2) is 0 Å². The summed E-state index contributed by atoms with van der Waals surface area (Å²) >= 11 is 0. The number of carbonyl (C=O) groups is 1. The van der Waals surface area contributed by atoms with Gasteiger partial charge in [0.25, 0.3) is 5.91 Å². The molecule has 0 atom stereocenters. The maximum atomic E-state index is 13.0. The van der Waals surface area contributed by atoms with Crippen molar-refractivity contribution in [3.63, 3.8) is 0 Å². The first kappa shape index (κ1) is 19.4. The van der Waals surface area contributed by atoms with E-state index in [0.29, 0.717) is 35.9 Å². The maximum Gasteiger partial charge on any atom is 0.258 e. The normalized spacial score (nSPS) is 10.6. The quantitative estimate of drug-likeness (QED) is 0.721. The molecular weight excluding hydrogens is 330 g/mol. The van der Waals surface area contributed by atoms with E-state index in [-0.39, 0.29) is 5.91 Å². The van der Waals surface area contributed by atoms with Crippen molar-refractivity contribution in [1.29, 1.82) is 0 Å². The fourth-order valence-electron chi connectivity index (χ4n) is 2.68. The molecule has 0 heterocycles. The molecule has 0 saturated heterocycles. The van der Waals surface area contributed by atoms with E-state index in [1.165, 1.54) is 14.2 Å². The highest BCUT2D eigenvalue weighted by Crippen LogP contribution is 2.40. The van der Waals surface area contributed by atoms with Crippen molar-refractivity contribution in [3.05, 3.63) is 59.7 Å². The number of rotatable bonds is 8. The monoisotopic (exact) mass is 355 g/mol. The van der Waals surface area contributed by atoms with Gasteiger partial charge < -0.3 is 19.1 Å². The number of amides is 1. The fourth-order valence-corrected chi connectivity index (χ4v) is 2.68. The molecule has 0 aliphatic carbocycles. The Morgan fingerprint density at radius 3 is 2.23 bits per heavy atom. The van der Waals surface area contributed by atoms with Crippen molar-refractivity contribution < 1.29 is 19.0 Å². The molecule has 0 spiro atoms. The predicted molar refractivity (Wildman–Crippen MR) is 103 cm³/mol. The van der Waals surface area contributed by atoms with Crippen LogP contribution in [-0.4, -0.2) is 45.2 Å². The lowest BCUT2D eigenvalue weighted by atomic mass is 10.1. The van der Waals surface area contributed by atoms with Gasteiger partial charge in [0.05, 0.1) is 26.9 Å².